The number of likely N-dealkylation sites (tertiary alicyclic amines) is 1. The van der Waals surface area contributed by atoms with E-state index in [9.17, 15) is 14.4 Å². The summed E-state index contributed by atoms with van der Waals surface area (Å²) in [5.74, 6) is 0.479. The minimum Gasteiger partial charge on any atom is -0.396 e. The Morgan fingerprint density at radius 2 is 2.07 bits per heavy atom. The van der Waals surface area contributed by atoms with Crippen molar-refractivity contribution in [2.45, 2.75) is 51.1 Å². The Kier molecular flexibility index (Phi) is 5.34. The highest BCUT2D eigenvalue weighted by atomic mass is 16.3. The zero-order valence-corrected chi connectivity index (χ0v) is 17.0. The van der Waals surface area contributed by atoms with Crippen LogP contribution in [0.2, 0.25) is 0 Å². The maximum absolute atomic E-state index is 13.2. The Bertz CT molecular complexity index is 826. The third kappa shape index (κ3) is 3.41. The van der Waals surface area contributed by atoms with Crippen LogP contribution >= 0.6 is 0 Å². The second kappa shape index (κ2) is 7.78. The summed E-state index contributed by atoms with van der Waals surface area (Å²) >= 11 is 0. The number of hydrogen-bond donors (Lipinski definition) is 1. The van der Waals surface area contributed by atoms with Crippen molar-refractivity contribution in [1.82, 2.24) is 9.80 Å². The lowest BCUT2D eigenvalue weighted by molar-refractivity contribution is -0.130. The van der Waals surface area contributed by atoms with Crippen LogP contribution in [0.5, 0.6) is 0 Å². The van der Waals surface area contributed by atoms with E-state index in [1.165, 1.54) is 0 Å². The first-order valence-corrected chi connectivity index (χ1v) is 10.6. The fraction of sp³-hybridized carbons (Fsp3) is 0.591. The molecular formula is C22H29N3O4. The van der Waals surface area contributed by atoms with Crippen molar-refractivity contribution in [3.63, 3.8) is 0 Å². The molecule has 7 heteroatoms. The molecule has 0 aliphatic carbocycles. The number of aliphatic hydroxyl groups excluding tert-OH is 1. The van der Waals surface area contributed by atoms with Crippen molar-refractivity contribution in [3.05, 3.63) is 29.8 Å². The standard InChI is InChI=1S/C22H29N3O4/c1-22-11-8-20(28)25(22)18-6-3-2-5-17(18)21(29)24(22)12-4-7-19(27)23-13-9-16(15-23)10-14-26/h2-3,5-6,16,26H,4,7-15H2,1H3/t16-,22+/m0/s1. The van der Waals surface area contributed by atoms with Gasteiger partial charge in [0.25, 0.3) is 5.91 Å². The van der Waals surface area contributed by atoms with Gasteiger partial charge >= 0.3 is 0 Å². The minimum absolute atomic E-state index is 0.0421. The highest BCUT2D eigenvalue weighted by molar-refractivity contribution is 6.10. The fourth-order valence-corrected chi connectivity index (χ4v) is 5.07. The van der Waals surface area contributed by atoms with Crippen molar-refractivity contribution in [2.24, 2.45) is 5.92 Å². The molecule has 2 fully saturated rings. The van der Waals surface area contributed by atoms with E-state index in [1.807, 2.05) is 30.0 Å². The van der Waals surface area contributed by atoms with E-state index in [0.29, 0.717) is 49.4 Å². The summed E-state index contributed by atoms with van der Waals surface area (Å²) in [5.41, 5.74) is 0.588. The molecular weight excluding hydrogens is 370 g/mol. The van der Waals surface area contributed by atoms with Crippen molar-refractivity contribution in [3.8, 4) is 0 Å². The summed E-state index contributed by atoms with van der Waals surface area (Å²) in [5, 5.41) is 9.08. The van der Waals surface area contributed by atoms with Crippen LogP contribution in [-0.4, -0.2) is 64.5 Å². The van der Waals surface area contributed by atoms with Crippen molar-refractivity contribution in [1.29, 1.82) is 0 Å². The van der Waals surface area contributed by atoms with Gasteiger partial charge in [-0.1, -0.05) is 12.1 Å². The molecule has 0 aromatic heterocycles. The number of aliphatic hydroxyl groups is 1. The third-order valence-corrected chi connectivity index (χ3v) is 6.69. The third-order valence-electron chi connectivity index (χ3n) is 6.69. The van der Waals surface area contributed by atoms with Gasteiger partial charge in [-0.05, 0) is 50.7 Å². The topological polar surface area (TPSA) is 81.2 Å². The highest BCUT2D eigenvalue weighted by Crippen LogP contribution is 2.44. The molecule has 3 amide bonds. The Balaban J connectivity index is 1.43. The van der Waals surface area contributed by atoms with Crippen LogP contribution in [-0.2, 0) is 9.59 Å². The number of carbonyl (C=O) groups is 3. The van der Waals surface area contributed by atoms with Gasteiger partial charge in [0.15, 0.2) is 0 Å². The molecule has 4 rings (SSSR count). The maximum atomic E-state index is 13.2. The van der Waals surface area contributed by atoms with Crippen LogP contribution in [0.25, 0.3) is 0 Å². The first-order valence-electron chi connectivity index (χ1n) is 10.6. The largest absolute Gasteiger partial charge is 0.396 e. The Morgan fingerprint density at radius 3 is 2.86 bits per heavy atom. The lowest BCUT2D eigenvalue weighted by Gasteiger charge is -2.48. The van der Waals surface area contributed by atoms with Gasteiger partial charge in [-0.15, -0.1) is 0 Å². The molecule has 0 unspecified atom stereocenters. The Hall–Kier alpha value is -2.41. The molecule has 2 atom stereocenters. The normalized spacial score (nSPS) is 26.1. The molecule has 7 nitrogen and oxygen atoms in total. The number of fused-ring (bicyclic) bond motifs is 3. The summed E-state index contributed by atoms with van der Waals surface area (Å²) < 4.78 is 0. The quantitative estimate of drug-likeness (QED) is 0.793. The lowest BCUT2D eigenvalue weighted by atomic mass is 9.98. The Morgan fingerprint density at radius 1 is 1.28 bits per heavy atom. The van der Waals surface area contributed by atoms with Crippen LogP contribution < -0.4 is 4.90 Å². The van der Waals surface area contributed by atoms with E-state index in [2.05, 4.69) is 0 Å². The van der Waals surface area contributed by atoms with Gasteiger partial charge in [0.05, 0.1) is 11.3 Å². The number of benzene rings is 1. The second-order valence-corrected chi connectivity index (χ2v) is 8.53. The molecule has 0 radical (unpaired) electrons. The van der Waals surface area contributed by atoms with E-state index in [1.54, 1.807) is 15.9 Å². The zero-order valence-electron chi connectivity index (χ0n) is 17.0. The van der Waals surface area contributed by atoms with Gasteiger partial charge in [0.1, 0.15) is 5.66 Å². The van der Waals surface area contributed by atoms with Crippen molar-refractivity contribution < 1.29 is 19.5 Å². The number of anilines is 1. The average molecular weight is 399 g/mol. The predicted octanol–water partition coefficient (Wildman–Crippen LogP) is 2.00. The number of carbonyl (C=O) groups excluding carboxylic acids is 3. The van der Waals surface area contributed by atoms with Crippen molar-refractivity contribution in [2.75, 3.05) is 31.1 Å². The van der Waals surface area contributed by atoms with E-state index >= 15 is 0 Å². The molecule has 3 aliphatic rings. The number of nitrogens with zero attached hydrogens (tertiary/aromatic N) is 3. The molecule has 2 saturated heterocycles. The molecule has 0 saturated carbocycles. The van der Waals surface area contributed by atoms with Crippen LogP contribution in [0.4, 0.5) is 5.69 Å². The molecule has 1 aromatic carbocycles. The minimum atomic E-state index is -0.661. The van der Waals surface area contributed by atoms with E-state index in [4.69, 9.17) is 5.11 Å². The smallest absolute Gasteiger partial charge is 0.257 e. The molecule has 0 spiro atoms. The van der Waals surface area contributed by atoms with Gasteiger partial charge in [0.2, 0.25) is 11.8 Å². The van der Waals surface area contributed by atoms with E-state index < -0.39 is 5.66 Å². The van der Waals surface area contributed by atoms with Gasteiger partial charge in [-0.25, -0.2) is 0 Å². The van der Waals surface area contributed by atoms with Gasteiger partial charge in [-0.2, -0.15) is 0 Å². The molecule has 3 aliphatic heterocycles. The van der Waals surface area contributed by atoms with Crippen LogP contribution in [0.1, 0.15) is 55.8 Å². The summed E-state index contributed by atoms with van der Waals surface area (Å²) in [4.78, 5) is 43.8. The van der Waals surface area contributed by atoms with Crippen LogP contribution in [0.15, 0.2) is 24.3 Å². The van der Waals surface area contributed by atoms with E-state index in [0.717, 1.165) is 25.9 Å². The first-order chi connectivity index (χ1) is 14.0. The number of hydrogen-bond acceptors (Lipinski definition) is 4. The summed E-state index contributed by atoms with van der Waals surface area (Å²) in [6, 6.07) is 7.28. The number of para-hydroxylation sites is 1. The number of amides is 3. The molecule has 0 bridgehead atoms. The Labute approximate surface area is 171 Å². The predicted molar refractivity (Wildman–Crippen MR) is 108 cm³/mol. The molecule has 156 valence electrons. The average Bonchev–Trinajstić information content (AvgIpc) is 3.30. The van der Waals surface area contributed by atoms with Crippen LogP contribution in [0, 0.1) is 5.92 Å². The second-order valence-electron chi connectivity index (χ2n) is 8.53. The molecule has 29 heavy (non-hydrogen) atoms. The maximum Gasteiger partial charge on any atom is 0.257 e. The SMILES string of the molecule is C[C@]12CCC(=O)N1c1ccccc1C(=O)N2CCCC(=O)N1CC[C@@H](CCO)C1. The van der Waals surface area contributed by atoms with Gasteiger partial charge in [-0.3, -0.25) is 19.3 Å². The highest BCUT2D eigenvalue weighted by Gasteiger charge is 2.52. The van der Waals surface area contributed by atoms with Gasteiger partial charge in [0, 0.05) is 39.1 Å². The van der Waals surface area contributed by atoms with Crippen molar-refractivity contribution >= 4 is 23.4 Å². The number of rotatable bonds is 6. The summed E-state index contributed by atoms with van der Waals surface area (Å²) in [7, 11) is 0. The molecule has 1 N–H and O–H groups in total. The summed E-state index contributed by atoms with van der Waals surface area (Å²) in [6.07, 6.45) is 3.69. The first kappa shape index (κ1) is 19.9. The lowest BCUT2D eigenvalue weighted by Crippen LogP contribution is -2.62. The zero-order chi connectivity index (χ0) is 20.6. The molecule has 1 aromatic rings. The summed E-state index contributed by atoms with van der Waals surface area (Å²) in [6.45, 7) is 4.04. The van der Waals surface area contributed by atoms with Crippen LogP contribution in [0.3, 0.4) is 0 Å². The fourth-order valence-electron chi connectivity index (χ4n) is 5.07. The monoisotopic (exact) mass is 399 g/mol. The van der Waals surface area contributed by atoms with E-state index in [-0.39, 0.29) is 24.3 Å². The molecule has 3 heterocycles. The van der Waals surface area contributed by atoms with Gasteiger partial charge < -0.3 is 14.9 Å².